The normalized spacial score (nSPS) is 17.7. The highest BCUT2D eigenvalue weighted by atomic mass is 16.2. The van der Waals surface area contributed by atoms with Gasteiger partial charge in [0.2, 0.25) is 5.91 Å². The van der Waals surface area contributed by atoms with E-state index in [1.54, 1.807) is 31.2 Å². The van der Waals surface area contributed by atoms with E-state index in [0.29, 0.717) is 18.5 Å². The molecule has 190 valence electrons. The van der Waals surface area contributed by atoms with E-state index in [9.17, 15) is 19.2 Å². The molecule has 0 radical (unpaired) electrons. The van der Waals surface area contributed by atoms with Gasteiger partial charge in [-0.25, -0.2) is 4.79 Å². The Bertz CT molecular complexity index is 1300. The first kappa shape index (κ1) is 25.6. The Morgan fingerprint density at radius 1 is 0.919 bits per heavy atom. The molecule has 5 amide bonds. The van der Waals surface area contributed by atoms with E-state index in [2.05, 4.69) is 16.0 Å². The number of amides is 5. The summed E-state index contributed by atoms with van der Waals surface area (Å²) in [5, 5.41) is 8.35. The first-order valence-corrected chi connectivity index (χ1v) is 12.2. The van der Waals surface area contributed by atoms with Gasteiger partial charge in [-0.05, 0) is 49.9 Å². The van der Waals surface area contributed by atoms with E-state index in [4.69, 9.17) is 0 Å². The summed E-state index contributed by atoms with van der Waals surface area (Å²) in [6.07, 6.45) is 1.01. The smallest absolute Gasteiger partial charge is 0.325 e. The van der Waals surface area contributed by atoms with E-state index in [1.165, 1.54) is 0 Å². The van der Waals surface area contributed by atoms with Crippen LogP contribution in [0.2, 0.25) is 0 Å². The Morgan fingerprint density at radius 3 is 2.24 bits per heavy atom. The van der Waals surface area contributed by atoms with Gasteiger partial charge in [0.05, 0.1) is 17.3 Å². The number of anilines is 1. The van der Waals surface area contributed by atoms with Crippen LogP contribution < -0.4 is 16.0 Å². The Balaban J connectivity index is 1.39. The van der Waals surface area contributed by atoms with Gasteiger partial charge in [0.1, 0.15) is 12.1 Å². The van der Waals surface area contributed by atoms with Gasteiger partial charge in [0.15, 0.2) is 0 Å². The van der Waals surface area contributed by atoms with Crippen molar-refractivity contribution in [2.24, 2.45) is 0 Å². The Hall–Kier alpha value is -4.46. The zero-order valence-corrected chi connectivity index (χ0v) is 20.9. The van der Waals surface area contributed by atoms with Crippen molar-refractivity contribution < 1.29 is 19.2 Å². The van der Waals surface area contributed by atoms with Crippen molar-refractivity contribution in [1.82, 2.24) is 15.5 Å². The number of aryl methyl sites for hydroxylation is 1. The van der Waals surface area contributed by atoms with Gasteiger partial charge in [-0.15, -0.1) is 0 Å². The molecule has 2 unspecified atom stereocenters. The topological polar surface area (TPSA) is 108 Å². The van der Waals surface area contributed by atoms with Crippen molar-refractivity contribution in [1.29, 1.82) is 0 Å². The van der Waals surface area contributed by atoms with Crippen molar-refractivity contribution in [3.63, 3.8) is 0 Å². The maximum absolute atomic E-state index is 13.1. The molecule has 0 saturated carbocycles. The predicted octanol–water partition coefficient (Wildman–Crippen LogP) is 4.06. The second-order valence-corrected chi connectivity index (χ2v) is 9.34. The van der Waals surface area contributed by atoms with E-state index < -0.39 is 29.9 Å². The number of carbonyl (C=O) groups excluding carboxylic acids is 4. The molecule has 0 aromatic heterocycles. The van der Waals surface area contributed by atoms with Crippen molar-refractivity contribution in [2.45, 2.75) is 38.3 Å². The summed E-state index contributed by atoms with van der Waals surface area (Å²) >= 11 is 0. The number of carbonyl (C=O) groups is 4. The lowest BCUT2D eigenvalue weighted by Crippen LogP contribution is -2.45. The van der Waals surface area contributed by atoms with Gasteiger partial charge in [-0.2, -0.15) is 0 Å². The van der Waals surface area contributed by atoms with Crippen LogP contribution in [0.15, 0.2) is 84.9 Å². The van der Waals surface area contributed by atoms with Crippen LogP contribution in [0.1, 0.15) is 47.8 Å². The molecule has 1 aliphatic rings. The Kier molecular flexibility index (Phi) is 7.67. The third kappa shape index (κ3) is 6.03. The average Bonchev–Trinajstić information content (AvgIpc) is 3.12. The van der Waals surface area contributed by atoms with Crippen LogP contribution in [0, 0.1) is 0 Å². The van der Waals surface area contributed by atoms with E-state index in [0.717, 1.165) is 16.0 Å². The molecule has 0 aliphatic carbocycles. The summed E-state index contributed by atoms with van der Waals surface area (Å²) in [6, 6.07) is 25.0. The molecule has 0 spiro atoms. The number of nitrogens with one attached hydrogen (secondary N) is 3. The first-order valence-electron chi connectivity index (χ1n) is 12.2. The van der Waals surface area contributed by atoms with Crippen LogP contribution in [0.25, 0.3) is 0 Å². The summed E-state index contributed by atoms with van der Waals surface area (Å²) in [4.78, 5) is 52.4. The number of para-hydroxylation sites is 1. The molecular weight excluding hydrogens is 468 g/mol. The van der Waals surface area contributed by atoms with Crippen LogP contribution >= 0.6 is 0 Å². The number of imide groups is 1. The molecule has 4 rings (SSSR count). The van der Waals surface area contributed by atoms with E-state index >= 15 is 0 Å². The molecule has 37 heavy (non-hydrogen) atoms. The Morgan fingerprint density at radius 2 is 1.54 bits per heavy atom. The molecule has 3 aromatic rings. The molecular formula is C29H30N4O4. The van der Waals surface area contributed by atoms with Gasteiger partial charge < -0.3 is 16.0 Å². The average molecular weight is 499 g/mol. The Labute approximate surface area is 216 Å². The maximum Gasteiger partial charge on any atom is 0.325 e. The number of urea groups is 1. The van der Waals surface area contributed by atoms with Crippen molar-refractivity contribution >= 4 is 29.4 Å². The highest BCUT2D eigenvalue weighted by Crippen LogP contribution is 2.24. The maximum atomic E-state index is 13.1. The number of hydrogen-bond acceptors (Lipinski definition) is 4. The van der Waals surface area contributed by atoms with Crippen LogP contribution in [0.3, 0.4) is 0 Å². The van der Waals surface area contributed by atoms with Crippen molar-refractivity contribution in [2.75, 3.05) is 11.9 Å². The van der Waals surface area contributed by atoms with Crippen LogP contribution in [-0.4, -0.2) is 40.7 Å². The minimum atomic E-state index is -1.10. The van der Waals surface area contributed by atoms with Gasteiger partial charge in [0.25, 0.3) is 11.8 Å². The minimum Gasteiger partial charge on any atom is -0.345 e. The van der Waals surface area contributed by atoms with Crippen LogP contribution in [0.5, 0.6) is 0 Å². The quantitative estimate of drug-likeness (QED) is 0.387. The third-order valence-corrected chi connectivity index (χ3v) is 6.50. The molecule has 1 fully saturated rings. The second-order valence-electron chi connectivity index (χ2n) is 9.34. The zero-order valence-electron chi connectivity index (χ0n) is 20.9. The van der Waals surface area contributed by atoms with Gasteiger partial charge >= 0.3 is 6.03 Å². The van der Waals surface area contributed by atoms with Crippen LogP contribution in [-0.2, 0) is 16.0 Å². The van der Waals surface area contributed by atoms with Gasteiger partial charge in [0, 0.05) is 0 Å². The number of benzene rings is 3. The number of hydrogen-bond donors (Lipinski definition) is 3. The zero-order chi connectivity index (χ0) is 26.4. The summed E-state index contributed by atoms with van der Waals surface area (Å²) in [6.45, 7) is 3.09. The lowest BCUT2D eigenvalue weighted by atomic mass is 9.93. The lowest BCUT2D eigenvalue weighted by Gasteiger charge is -2.21. The monoisotopic (exact) mass is 498 g/mol. The third-order valence-electron chi connectivity index (χ3n) is 6.50. The molecule has 8 heteroatoms. The standard InChI is InChI=1S/C29H30N4O4/c1-20(22-13-7-4-8-14-22)30-26(35)23-15-9-10-16-24(23)31-25(34)19-33-27(36)29(2,32-28(33)37)18-17-21-11-5-3-6-12-21/h3-16,20H,17-19H2,1-2H3,(H,30,35)(H,31,34)(H,32,37). The SMILES string of the molecule is CC(NC(=O)c1ccccc1NC(=O)CN1C(=O)NC(C)(CCc2ccccc2)C1=O)c1ccccc1. The summed E-state index contributed by atoms with van der Waals surface area (Å²) in [5.41, 5.74) is 1.48. The summed E-state index contributed by atoms with van der Waals surface area (Å²) in [7, 11) is 0. The molecule has 2 atom stereocenters. The highest BCUT2D eigenvalue weighted by Gasteiger charge is 2.47. The fraction of sp³-hybridized carbons (Fsp3) is 0.241. The molecule has 8 nitrogen and oxygen atoms in total. The number of nitrogens with zero attached hydrogens (tertiary/aromatic N) is 1. The molecule has 0 bridgehead atoms. The summed E-state index contributed by atoms with van der Waals surface area (Å²) < 4.78 is 0. The predicted molar refractivity (Wildman–Crippen MR) is 141 cm³/mol. The van der Waals surface area contributed by atoms with Crippen LogP contribution in [0.4, 0.5) is 10.5 Å². The minimum absolute atomic E-state index is 0.239. The molecule has 3 aromatic carbocycles. The van der Waals surface area contributed by atoms with Gasteiger partial charge in [-0.1, -0.05) is 72.8 Å². The summed E-state index contributed by atoms with van der Waals surface area (Å²) in [5.74, 6) is -1.38. The molecule has 1 heterocycles. The fourth-order valence-electron chi connectivity index (χ4n) is 4.32. The van der Waals surface area contributed by atoms with E-state index in [1.807, 2.05) is 67.6 Å². The first-order chi connectivity index (χ1) is 17.8. The molecule has 3 N–H and O–H groups in total. The highest BCUT2D eigenvalue weighted by molar-refractivity contribution is 6.11. The molecule has 1 saturated heterocycles. The van der Waals surface area contributed by atoms with Crippen molar-refractivity contribution in [3.8, 4) is 0 Å². The largest absolute Gasteiger partial charge is 0.345 e. The fourth-order valence-corrected chi connectivity index (χ4v) is 4.32. The second kappa shape index (κ2) is 11.1. The lowest BCUT2D eigenvalue weighted by molar-refractivity contribution is -0.133. The van der Waals surface area contributed by atoms with E-state index in [-0.39, 0.29) is 17.5 Å². The van der Waals surface area contributed by atoms with Crippen molar-refractivity contribution in [3.05, 3.63) is 102 Å². The molecule has 1 aliphatic heterocycles. The van der Waals surface area contributed by atoms with Gasteiger partial charge in [-0.3, -0.25) is 19.3 Å². The number of rotatable bonds is 9.